The maximum Gasteiger partial charge on any atom is 0.230 e. The smallest absolute Gasteiger partial charge is 0.230 e. The van der Waals surface area contributed by atoms with E-state index in [9.17, 15) is 9.18 Å². The predicted molar refractivity (Wildman–Crippen MR) is 74.4 cm³/mol. The molecular weight excluding hydrogens is 243 g/mol. The number of halogens is 1. The van der Waals surface area contributed by atoms with E-state index in [0.29, 0.717) is 0 Å². The van der Waals surface area contributed by atoms with Gasteiger partial charge in [0.2, 0.25) is 5.91 Å². The average molecular weight is 264 g/mol. The Bertz CT molecular complexity index is 453. The quantitative estimate of drug-likeness (QED) is 0.881. The minimum atomic E-state index is -0.504. The number of hydrogen-bond acceptors (Lipinski definition) is 2. The van der Waals surface area contributed by atoms with Crippen LogP contribution in [0.4, 0.5) is 10.1 Å². The second kappa shape index (κ2) is 5.70. The van der Waals surface area contributed by atoms with Crippen molar-refractivity contribution in [2.45, 2.75) is 26.7 Å². The Morgan fingerprint density at radius 2 is 2.16 bits per heavy atom. The fourth-order valence-corrected chi connectivity index (χ4v) is 2.50. The monoisotopic (exact) mass is 264 g/mol. The molecule has 2 rings (SSSR count). The summed E-state index contributed by atoms with van der Waals surface area (Å²) in [7, 11) is 0. The molecule has 1 aromatic rings. The van der Waals surface area contributed by atoms with Crippen LogP contribution >= 0.6 is 0 Å². The lowest BCUT2D eigenvalue weighted by molar-refractivity contribution is -0.127. The Morgan fingerprint density at radius 3 is 2.79 bits per heavy atom. The Labute approximate surface area is 113 Å². The lowest BCUT2D eigenvalue weighted by Gasteiger charge is -2.36. The highest BCUT2D eigenvalue weighted by atomic mass is 19.1. The second-order valence-electron chi connectivity index (χ2n) is 5.70. The van der Waals surface area contributed by atoms with Gasteiger partial charge in [0.25, 0.3) is 0 Å². The number of para-hydroxylation sites is 1. The number of piperidine rings is 1. The minimum absolute atomic E-state index is 0.119. The molecule has 1 fully saturated rings. The normalized spacial score (nSPS) is 20.1. The van der Waals surface area contributed by atoms with Crippen molar-refractivity contribution in [3.05, 3.63) is 30.1 Å². The van der Waals surface area contributed by atoms with E-state index in [4.69, 9.17) is 0 Å². The predicted octanol–water partition coefficient (Wildman–Crippen LogP) is 2.79. The molecule has 1 saturated heterocycles. The van der Waals surface area contributed by atoms with Gasteiger partial charge in [-0.2, -0.15) is 0 Å². The minimum Gasteiger partial charge on any atom is -0.323 e. The molecule has 1 aromatic carbocycles. The number of carbonyl (C=O) groups is 1. The Balaban J connectivity index is 2.08. The molecule has 1 atom stereocenters. The van der Waals surface area contributed by atoms with E-state index >= 15 is 0 Å². The lowest BCUT2D eigenvalue weighted by atomic mass is 9.74. The zero-order valence-corrected chi connectivity index (χ0v) is 11.5. The molecular formula is C15H21FN2O. The third-order valence-corrected chi connectivity index (χ3v) is 4.02. The van der Waals surface area contributed by atoms with E-state index in [1.54, 1.807) is 18.2 Å². The molecule has 1 aliphatic rings. The fourth-order valence-electron chi connectivity index (χ4n) is 2.50. The molecule has 0 aliphatic carbocycles. The molecule has 1 heterocycles. The third-order valence-electron chi connectivity index (χ3n) is 4.02. The van der Waals surface area contributed by atoms with Gasteiger partial charge < -0.3 is 10.6 Å². The molecule has 0 bridgehead atoms. The topological polar surface area (TPSA) is 41.1 Å². The summed E-state index contributed by atoms with van der Waals surface area (Å²) in [6, 6.07) is 6.27. The van der Waals surface area contributed by atoms with Gasteiger partial charge in [0.1, 0.15) is 5.82 Å². The Hall–Kier alpha value is -1.42. The zero-order valence-electron chi connectivity index (χ0n) is 11.5. The lowest BCUT2D eigenvalue weighted by Crippen LogP contribution is -2.44. The van der Waals surface area contributed by atoms with Crippen LogP contribution in [0, 0.1) is 17.2 Å². The first-order chi connectivity index (χ1) is 9.01. The van der Waals surface area contributed by atoms with Gasteiger partial charge in [-0.05, 0) is 44.0 Å². The van der Waals surface area contributed by atoms with Gasteiger partial charge in [0.05, 0.1) is 5.69 Å². The number of amides is 1. The molecule has 0 aromatic heterocycles. The van der Waals surface area contributed by atoms with Crippen molar-refractivity contribution in [1.82, 2.24) is 5.32 Å². The van der Waals surface area contributed by atoms with Crippen LogP contribution in [-0.4, -0.2) is 19.0 Å². The molecule has 0 radical (unpaired) electrons. The summed E-state index contributed by atoms with van der Waals surface area (Å²) in [5, 5.41) is 6.02. The highest BCUT2D eigenvalue weighted by Crippen LogP contribution is 2.33. The Kier molecular flexibility index (Phi) is 4.20. The van der Waals surface area contributed by atoms with Crippen LogP contribution in [0.1, 0.15) is 26.7 Å². The summed E-state index contributed by atoms with van der Waals surface area (Å²) in [6.07, 6.45) is 2.12. The average Bonchev–Trinajstić information content (AvgIpc) is 2.42. The van der Waals surface area contributed by atoms with Crippen LogP contribution in [0.5, 0.6) is 0 Å². The maximum atomic E-state index is 13.6. The second-order valence-corrected chi connectivity index (χ2v) is 5.70. The summed E-state index contributed by atoms with van der Waals surface area (Å²) in [6.45, 7) is 5.72. The number of carbonyl (C=O) groups excluding carboxylic acids is 1. The molecule has 0 saturated carbocycles. The van der Waals surface area contributed by atoms with Crippen molar-refractivity contribution in [2.75, 3.05) is 18.4 Å². The van der Waals surface area contributed by atoms with Crippen LogP contribution in [0.15, 0.2) is 24.3 Å². The first-order valence-electron chi connectivity index (χ1n) is 6.78. The zero-order chi connectivity index (χ0) is 13.9. The number of rotatable bonds is 3. The molecule has 4 heteroatoms. The van der Waals surface area contributed by atoms with Crippen molar-refractivity contribution >= 4 is 11.6 Å². The van der Waals surface area contributed by atoms with Gasteiger partial charge in [-0.1, -0.05) is 26.0 Å². The molecule has 1 aliphatic heterocycles. The number of anilines is 1. The first kappa shape index (κ1) is 14.0. The number of benzene rings is 1. The van der Waals surface area contributed by atoms with Gasteiger partial charge in [-0.25, -0.2) is 4.39 Å². The van der Waals surface area contributed by atoms with Crippen LogP contribution < -0.4 is 10.6 Å². The largest absolute Gasteiger partial charge is 0.323 e. The number of nitrogens with one attached hydrogen (secondary N) is 2. The van der Waals surface area contributed by atoms with Crippen LogP contribution in [0.3, 0.4) is 0 Å². The van der Waals surface area contributed by atoms with Crippen molar-refractivity contribution in [3.8, 4) is 0 Å². The van der Waals surface area contributed by atoms with Crippen molar-refractivity contribution in [2.24, 2.45) is 11.3 Å². The van der Waals surface area contributed by atoms with Crippen molar-refractivity contribution in [3.63, 3.8) is 0 Å². The summed E-state index contributed by atoms with van der Waals surface area (Å²) in [4.78, 5) is 12.4. The standard InChI is InChI=1S/C15H21FN2O/c1-15(2,11-6-5-9-17-10-11)14(19)18-13-8-4-3-7-12(13)16/h3-4,7-8,11,17H,5-6,9-10H2,1-2H3,(H,18,19). The molecule has 1 unspecified atom stereocenters. The molecule has 3 nitrogen and oxygen atoms in total. The van der Waals surface area contributed by atoms with Crippen LogP contribution in [-0.2, 0) is 4.79 Å². The number of hydrogen-bond donors (Lipinski definition) is 2. The first-order valence-corrected chi connectivity index (χ1v) is 6.78. The summed E-state index contributed by atoms with van der Waals surface area (Å²) in [5.41, 5.74) is -0.250. The summed E-state index contributed by atoms with van der Waals surface area (Å²) < 4.78 is 13.6. The van der Waals surface area contributed by atoms with Gasteiger partial charge >= 0.3 is 0 Å². The van der Waals surface area contributed by atoms with E-state index in [-0.39, 0.29) is 17.5 Å². The maximum absolute atomic E-state index is 13.6. The third kappa shape index (κ3) is 3.13. The van der Waals surface area contributed by atoms with Gasteiger partial charge in [0, 0.05) is 5.41 Å². The highest BCUT2D eigenvalue weighted by Gasteiger charge is 2.37. The van der Waals surface area contributed by atoms with E-state index in [1.165, 1.54) is 6.07 Å². The summed E-state index contributed by atoms with van der Waals surface area (Å²) in [5.74, 6) is -0.229. The van der Waals surface area contributed by atoms with E-state index in [0.717, 1.165) is 25.9 Å². The van der Waals surface area contributed by atoms with Crippen LogP contribution in [0.25, 0.3) is 0 Å². The summed E-state index contributed by atoms with van der Waals surface area (Å²) >= 11 is 0. The SMILES string of the molecule is CC(C)(C(=O)Nc1ccccc1F)C1CCCNC1. The van der Waals surface area contributed by atoms with E-state index in [1.807, 2.05) is 13.8 Å². The van der Waals surface area contributed by atoms with Crippen molar-refractivity contribution in [1.29, 1.82) is 0 Å². The fraction of sp³-hybridized carbons (Fsp3) is 0.533. The van der Waals surface area contributed by atoms with E-state index < -0.39 is 11.2 Å². The van der Waals surface area contributed by atoms with Crippen molar-refractivity contribution < 1.29 is 9.18 Å². The van der Waals surface area contributed by atoms with Crippen LogP contribution in [0.2, 0.25) is 0 Å². The van der Waals surface area contributed by atoms with Gasteiger partial charge in [-0.15, -0.1) is 0 Å². The highest BCUT2D eigenvalue weighted by molar-refractivity contribution is 5.95. The molecule has 1 amide bonds. The molecule has 19 heavy (non-hydrogen) atoms. The Morgan fingerprint density at radius 1 is 1.42 bits per heavy atom. The molecule has 2 N–H and O–H groups in total. The molecule has 0 spiro atoms. The van der Waals surface area contributed by atoms with Gasteiger partial charge in [-0.3, -0.25) is 4.79 Å². The molecule has 104 valence electrons. The van der Waals surface area contributed by atoms with Gasteiger partial charge in [0.15, 0.2) is 0 Å². The van der Waals surface area contributed by atoms with E-state index in [2.05, 4.69) is 10.6 Å².